The fourth-order valence-corrected chi connectivity index (χ4v) is 1.82. The van der Waals surface area contributed by atoms with Crippen LogP contribution in [-0.4, -0.2) is 35.4 Å². The highest BCUT2D eigenvalue weighted by Crippen LogP contribution is 2.28. The zero-order valence-electron chi connectivity index (χ0n) is 10.8. The van der Waals surface area contributed by atoms with Gasteiger partial charge in [0.05, 0.1) is 6.20 Å². The molecular formula is C12H21N5. The molecule has 1 aliphatic rings. The summed E-state index contributed by atoms with van der Waals surface area (Å²) in [7, 11) is 3.75. The van der Waals surface area contributed by atoms with Crippen LogP contribution in [-0.2, 0) is 13.5 Å². The van der Waals surface area contributed by atoms with E-state index in [4.69, 9.17) is 0 Å². The zero-order valence-corrected chi connectivity index (χ0v) is 10.8. The van der Waals surface area contributed by atoms with Crippen molar-refractivity contribution in [3.63, 3.8) is 0 Å². The minimum Gasteiger partial charge on any atom is -0.356 e. The number of aryl methyl sites for hydroxylation is 1. The van der Waals surface area contributed by atoms with Gasteiger partial charge in [0.1, 0.15) is 0 Å². The van der Waals surface area contributed by atoms with Crippen molar-refractivity contribution in [2.75, 3.05) is 13.6 Å². The maximum Gasteiger partial charge on any atom is 0.191 e. The zero-order chi connectivity index (χ0) is 12.3. The fourth-order valence-electron chi connectivity index (χ4n) is 1.82. The number of nitrogens with one attached hydrogen (secondary N) is 2. The molecule has 1 fully saturated rings. The Morgan fingerprint density at radius 2 is 2.41 bits per heavy atom. The average molecular weight is 235 g/mol. The van der Waals surface area contributed by atoms with Gasteiger partial charge in [0, 0.05) is 32.9 Å². The first-order valence-electron chi connectivity index (χ1n) is 6.13. The molecule has 5 nitrogen and oxygen atoms in total. The molecule has 1 saturated carbocycles. The highest BCUT2D eigenvalue weighted by Gasteiger charge is 2.33. The van der Waals surface area contributed by atoms with Gasteiger partial charge < -0.3 is 10.6 Å². The lowest BCUT2D eigenvalue weighted by atomic mass is 10.2. The van der Waals surface area contributed by atoms with Gasteiger partial charge in [-0.05, 0) is 24.3 Å². The molecule has 1 heterocycles. The van der Waals surface area contributed by atoms with Gasteiger partial charge in [-0.2, -0.15) is 5.10 Å². The highest BCUT2D eigenvalue weighted by atomic mass is 15.2. The van der Waals surface area contributed by atoms with Crippen LogP contribution in [0.4, 0.5) is 0 Å². The van der Waals surface area contributed by atoms with E-state index >= 15 is 0 Å². The Hall–Kier alpha value is -1.52. The molecule has 5 heteroatoms. The van der Waals surface area contributed by atoms with Gasteiger partial charge in [-0.15, -0.1) is 0 Å². The molecule has 2 N–H and O–H groups in total. The summed E-state index contributed by atoms with van der Waals surface area (Å²) < 4.78 is 1.83. The molecule has 1 aromatic rings. The van der Waals surface area contributed by atoms with Gasteiger partial charge in [0.25, 0.3) is 0 Å². The summed E-state index contributed by atoms with van der Waals surface area (Å²) in [4.78, 5) is 4.21. The molecule has 0 aliphatic heterocycles. The smallest absolute Gasteiger partial charge is 0.191 e. The topological polar surface area (TPSA) is 54.2 Å². The summed E-state index contributed by atoms with van der Waals surface area (Å²) in [6, 6.07) is 0.611. The number of guanidine groups is 1. The van der Waals surface area contributed by atoms with E-state index in [1.54, 1.807) is 0 Å². The minimum absolute atomic E-state index is 0.611. The van der Waals surface area contributed by atoms with Crippen molar-refractivity contribution in [2.24, 2.45) is 18.0 Å². The minimum atomic E-state index is 0.611. The van der Waals surface area contributed by atoms with E-state index in [-0.39, 0.29) is 0 Å². The van der Waals surface area contributed by atoms with E-state index in [2.05, 4.69) is 27.6 Å². The second-order valence-corrected chi connectivity index (χ2v) is 4.74. The molecule has 1 aromatic heterocycles. The summed E-state index contributed by atoms with van der Waals surface area (Å²) in [5, 5.41) is 10.9. The van der Waals surface area contributed by atoms with E-state index in [0.29, 0.717) is 6.04 Å². The standard InChI is InChI=1S/C12H21N5/c1-9-6-11(9)16-12(13-2)14-5-4-10-7-15-17(3)8-10/h7-9,11H,4-6H2,1-3H3,(H2,13,14,16). The average Bonchev–Trinajstić information content (AvgIpc) is 2.82. The molecule has 94 valence electrons. The third-order valence-corrected chi connectivity index (χ3v) is 3.12. The van der Waals surface area contributed by atoms with Gasteiger partial charge in [-0.25, -0.2) is 0 Å². The Bertz CT molecular complexity index is 395. The van der Waals surface area contributed by atoms with E-state index in [1.807, 2.05) is 31.2 Å². The number of aromatic nitrogens is 2. The quantitative estimate of drug-likeness (QED) is 0.591. The fraction of sp³-hybridized carbons (Fsp3) is 0.667. The first kappa shape index (κ1) is 12.0. The van der Waals surface area contributed by atoms with Crippen LogP contribution in [0.15, 0.2) is 17.4 Å². The number of aliphatic imine (C=N–C) groups is 1. The van der Waals surface area contributed by atoms with E-state index < -0.39 is 0 Å². The van der Waals surface area contributed by atoms with Gasteiger partial charge in [0.2, 0.25) is 0 Å². The van der Waals surface area contributed by atoms with Crippen molar-refractivity contribution in [1.82, 2.24) is 20.4 Å². The van der Waals surface area contributed by atoms with Crippen LogP contribution in [0.5, 0.6) is 0 Å². The van der Waals surface area contributed by atoms with Crippen molar-refractivity contribution >= 4 is 5.96 Å². The number of hydrogen-bond acceptors (Lipinski definition) is 2. The lowest BCUT2D eigenvalue weighted by Gasteiger charge is -2.10. The van der Waals surface area contributed by atoms with Crippen LogP contribution in [0.3, 0.4) is 0 Å². The predicted octanol–water partition coefficient (Wildman–Crippen LogP) is 0.536. The Kier molecular flexibility index (Phi) is 3.66. The third kappa shape index (κ3) is 3.47. The first-order valence-corrected chi connectivity index (χ1v) is 6.13. The SMILES string of the molecule is CN=C(NCCc1cnn(C)c1)NC1CC1C. The number of nitrogens with zero attached hydrogens (tertiary/aromatic N) is 3. The lowest BCUT2D eigenvalue weighted by Crippen LogP contribution is -2.39. The van der Waals surface area contributed by atoms with Crippen LogP contribution in [0.1, 0.15) is 18.9 Å². The predicted molar refractivity (Wildman–Crippen MR) is 69.0 cm³/mol. The second kappa shape index (κ2) is 5.21. The summed E-state index contributed by atoms with van der Waals surface area (Å²) in [6.07, 6.45) is 6.17. The Balaban J connectivity index is 1.69. The summed E-state index contributed by atoms with van der Waals surface area (Å²) in [5.41, 5.74) is 1.25. The van der Waals surface area contributed by atoms with E-state index in [1.165, 1.54) is 12.0 Å². The van der Waals surface area contributed by atoms with Crippen molar-refractivity contribution < 1.29 is 0 Å². The molecular weight excluding hydrogens is 214 g/mol. The van der Waals surface area contributed by atoms with Crippen LogP contribution in [0.25, 0.3) is 0 Å². The molecule has 0 radical (unpaired) electrons. The lowest BCUT2D eigenvalue weighted by molar-refractivity contribution is 0.755. The van der Waals surface area contributed by atoms with Gasteiger partial charge in [-0.3, -0.25) is 9.67 Å². The molecule has 0 aromatic carbocycles. The second-order valence-electron chi connectivity index (χ2n) is 4.74. The molecule has 0 saturated heterocycles. The van der Waals surface area contributed by atoms with Gasteiger partial charge in [-0.1, -0.05) is 6.92 Å². The maximum atomic E-state index is 4.21. The van der Waals surface area contributed by atoms with Crippen molar-refractivity contribution in [3.05, 3.63) is 18.0 Å². The Morgan fingerprint density at radius 1 is 1.65 bits per heavy atom. The van der Waals surface area contributed by atoms with Crippen LogP contribution >= 0.6 is 0 Å². The van der Waals surface area contributed by atoms with E-state index in [9.17, 15) is 0 Å². The van der Waals surface area contributed by atoms with Crippen LogP contribution in [0, 0.1) is 5.92 Å². The summed E-state index contributed by atoms with van der Waals surface area (Å²) >= 11 is 0. The molecule has 0 amide bonds. The molecule has 2 atom stereocenters. The van der Waals surface area contributed by atoms with Gasteiger partial charge in [0.15, 0.2) is 5.96 Å². The van der Waals surface area contributed by atoms with Gasteiger partial charge >= 0.3 is 0 Å². The third-order valence-electron chi connectivity index (χ3n) is 3.12. The highest BCUT2D eigenvalue weighted by molar-refractivity contribution is 5.80. The Morgan fingerprint density at radius 3 is 2.94 bits per heavy atom. The molecule has 2 rings (SSSR count). The molecule has 2 unspecified atom stereocenters. The molecule has 17 heavy (non-hydrogen) atoms. The van der Waals surface area contributed by atoms with Crippen LogP contribution in [0.2, 0.25) is 0 Å². The first-order chi connectivity index (χ1) is 8.19. The summed E-state index contributed by atoms with van der Waals surface area (Å²) in [6.45, 7) is 3.13. The monoisotopic (exact) mass is 235 g/mol. The largest absolute Gasteiger partial charge is 0.356 e. The van der Waals surface area contributed by atoms with Crippen molar-refractivity contribution in [1.29, 1.82) is 0 Å². The molecule has 1 aliphatic carbocycles. The Labute approximate surface area is 102 Å². The van der Waals surface area contributed by atoms with Crippen molar-refractivity contribution in [2.45, 2.75) is 25.8 Å². The van der Waals surface area contributed by atoms with Crippen LogP contribution < -0.4 is 10.6 Å². The van der Waals surface area contributed by atoms with Crippen molar-refractivity contribution in [3.8, 4) is 0 Å². The van der Waals surface area contributed by atoms with E-state index in [0.717, 1.165) is 24.8 Å². The normalized spacial score (nSPS) is 23.6. The summed E-state index contributed by atoms with van der Waals surface area (Å²) in [5.74, 6) is 1.69. The molecule has 0 spiro atoms. The number of rotatable bonds is 4. The number of hydrogen-bond donors (Lipinski definition) is 2. The maximum absolute atomic E-state index is 4.21. The molecule has 0 bridgehead atoms.